The smallest absolute Gasteiger partial charge is 0.273 e. The molecule has 0 radical (unpaired) electrons. The molecule has 0 saturated carbocycles. The van der Waals surface area contributed by atoms with Crippen molar-refractivity contribution in [1.82, 2.24) is 15.4 Å². The van der Waals surface area contributed by atoms with E-state index < -0.39 is 0 Å². The predicted octanol–water partition coefficient (Wildman–Crippen LogP) is 5.48. The number of hydrogen-bond donors (Lipinski definition) is 1. The first-order chi connectivity index (χ1) is 14.2. The van der Waals surface area contributed by atoms with Gasteiger partial charge in [0.1, 0.15) is 0 Å². The Labute approximate surface area is 187 Å². The summed E-state index contributed by atoms with van der Waals surface area (Å²) in [5.41, 5.74) is 2.42. The van der Waals surface area contributed by atoms with Gasteiger partial charge < -0.3 is 9.84 Å². The fourth-order valence-corrected chi connectivity index (χ4v) is 4.67. The number of benzene rings is 1. The average Bonchev–Trinajstić information content (AvgIpc) is 3.37. The molecule has 2 aromatic heterocycles. The van der Waals surface area contributed by atoms with Crippen LogP contribution in [0.4, 0.5) is 0 Å². The number of thiophene rings is 1. The summed E-state index contributed by atoms with van der Waals surface area (Å²) >= 11 is 1.75. The van der Waals surface area contributed by atoms with Crippen LogP contribution in [-0.4, -0.2) is 35.6 Å². The first-order valence-corrected chi connectivity index (χ1v) is 11.2. The van der Waals surface area contributed by atoms with Gasteiger partial charge >= 0.3 is 0 Å². The van der Waals surface area contributed by atoms with E-state index in [1.54, 1.807) is 17.4 Å². The van der Waals surface area contributed by atoms with E-state index >= 15 is 0 Å². The monoisotopic (exact) mass is 445 g/mol. The first-order valence-electron chi connectivity index (χ1n) is 10.3. The summed E-state index contributed by atoms with van der Waals surface area (Å²) in [7, 11) is 0. The van der Waals surface area contributed by atoms with Crippen LogP contribution in [0.25, 0.3) is 11.3 Å². The minimum absolute atomic E-state index is 0. The number of halogens is 1. The molecule has 1 amide bonds. The Morgan fingerprint density at radius 1 is 1.17 bits per heavy atom. The zero-order chi connectivity index (χ0) is 20.1. The number of aryl methyl sites for hydroxylation is 1. The molecule has 1 fully saturated rings. The molecule has 1 saturated heterocycles. The molecule has 4 rings (SSSR count). The Hall–Kier alpha value is -2.15. The number of aromatic nitrogens is 1. The van der Waals surface area contributed by atoms with Crippen molar-refractivity contribution < 1.29 is 9.32 Å². The molecule has 7 heteroatoms. The summed E-state index contributed by atoms with van der Waals surface area (Å²) in [5, 5.41) is 9.17. The number of likely N-dealkylation sites (tertiary alicyclic amines) is 1. The highest BCUT2D eigenvalue weighted by Crippen LogP contribution is 2.27. The highest BCUT2D eigenvalue weighted by molar-refractivity contribution is 7.10. The first kappa shape index (κ1) is 22.5. The Bertz CT molecular complexity index is 916. The summed E-state index contributed by atoms with van der Waals surface area (Å²) in [6.07, 6.45) is 5.03. The molecule has 1 aliphatic rings. The molecule has 1 N–H and O–H groups in total. The van der Waals surface area contributed by atoms with E-state index in [9.17, 15) is 4.79 Å². The third-order valence-electron chi connectivity index (χ3n) is 5.49. The molecule has 5 nitrogen and oxygen atoms in total. The normalized spacial score (nSPS) is 15.8. The molecule has 1 atom stereocenters. The second kappa shape index (κ2) is 10.8. The Morgan fingerprint density at radius 2 is 1.90 bits per heavy atom. The van der Waals surface area contributed by atoms with Crippen molar-refractivity contribution in [2.24, 2.45) is 0 Å². The van der Waals surface area contributed by atoms with Crippen molar-refractivity contribution in [3.05, 3.63) is 64.0 Å². The maximum Gasteiger partial charge on any atom is 0.273 e. The maximum atomic E-state index is 12.7. The predicted molar refractivity (Wildman–Crippen MR) is 123 cm³/mol. The number of rotatable bonds is 6. The Morgan fingerprint density at radius 3 is 2.57 bits per heavy atom. The Kier molecular flexibility index (Phi) is 8.08. The summed E-state index contributed by atoms with van der Waals surface area (Å²) in [5.74, 6) is 0.418. The van der Waals surface area contributed by atoms with E-state index in [4.69, 9.17) is 4.52 Å². The topological polar surface area (TPSA) is 58.4 Å². The zero-order valence-corrected chi connectivity index (χ0v) is 18.8. The maximum absolute atomic E-state index is 12.7. The van der Waals surface area contributed by atoms with Crippen molar-refractivity contribution in [2.75, 3.05) is 19.6 Å². The van der Waals surface area contributed by atoms with Gasteiger partial charge in [0, 0.05) is 23.1 Å². The van der Waals surface area contributed by atoms with E-state index in [0.29, 0.717) is 18.0 Å². The van der Waals surface area contributed by atoms with Gasteiger partial charge in [0.25, 0.3) is 5.91 Å². The summed E-state index contributed by atoms with van der Waals surface area (Å²) in [6, 6.07) is 14.2. The lowest BCUT2D eigenvalue weighted by molar-refractivity contribution is 0.0925. The number of hydrogen-bond acceptors (Lipinski definition) is 5. The standard InChI is InChI=1S/C23H27N3O2S.ClH/c1-17-8-10-18(11-9-17)21-15-19(25-28-21)23(27)24-16-20(22-7-6-14-29-22)26-12-4-2-3-5-13-26;/h6-11,14-15,20H,2-5,12-13,16H2,1H3,(H,24,27);1H. The highest BCUT2D eigenvalue weighted by Gasteiger charge is 2.24. The van der Waals surface area contributed by atoms with Crippen LogP contribution in [-0.2, 0) is 0 Å². The van der Waals surface area contributed by atoms with Gasteiger partial charge in [-0.3, -0.25) is 9.69 Å². The molecule has 0 aliphatic carbocycles. The van der Waals surface area contributed by atoms with Crippen molar-refractivity contribution in [1.29, 1.82) is 0 Å². The number of nitrogens with one attached hydrogen (secondary N) is 1. The van der Waals surface area contributed by atoms with Crippen LogP contribution in [0.3, 0.4) is 0 Å². The molecule has 1 aromatic carbocycles. The minimum atomic E-state index is -0.191. The average molecular weight is 446 g/mol. The van der Waals surface area contributed by atoms with E-state index in [2.05, 4.69) is 32.9 Å². The van der Waals surface area contributed by atoms with E-state index in [1.807, 2.05) is 31.2 Å². The van der Waals surface area contributed by atoms with Crippen molar-refractivity contribution in [3.8, 4) is 11.3 Å². The Balaban J connectivity index is 0.00000256. The van der Waals surface area contributed by atoms with Crippen molar-refractivity contribution in [3.63, 3.8) is 0 Å². The summed E-state index contributed by atoms with van der Waals surface area (Å²) in [4.78, 5) is 16.5. The molecule has 1 unspecified atom stereocenters. The second-order valence-electron chi connectivity index (χ2n) is 7.63. The fraction of sp³-hybridized carbons (Fsp3) is 0.391. The van der Waals surface area contributed by atoms with Gasteiger partial charge in [0.15, 0.2) is 11.5 Å². The second-order valence-corrected chi connectivity index (χ2v) is 8.61. The van der Waals surface area contributed by atoms with Crippen LogP contribution in [0, 0.1) is 6.92 Å². The van der Waals surface area contributed by atoms with Gasteiger partial charge in [-0.2, -0.15) is 0 Å². The number of amides is 1. The molecule has 3 aromatic rings. The largest absolute Gasteiger partial charge is 0.355 e. The zero-order valence-electron chi connectivity index (χ0n) is 17.2. The van der Waals surface area contributed by atoms with E-state index in [0.717, 1.165) is 18.7 Å². The van der Waals surface area contributed by atoms with E-state index in [-0.39, 0.29) is 24.4 Å². The number of nitrogens with zero attached hydrogens (tertiary/aromatic N) is 2. The molecule has 1 aliphatic heterocycles. The van der Waals surface area contributed by atoms with Gasteiger partial charge in [-0.1, -0.05) is 53.9 Å². The fourth-order valence-electron chi connectivity index (χ4n) is 3.81. The van der Waals surface area contributed by atoms with Gasteiger partial charge in [-0.25, -0.2) is 0 Å². The van der Waals surface area contributed by atoms with Crippen molar-refractivity contribution in [2.45, 2.75) is 38.6 Å². The van der Waals surface area contributed by atoms with Gasteiger partial charge in [0.2, 0.25) is 0 Å². The molecular weight excluding hydrogens is 418 g/mol. The van der Waals surface area contributed by atoms with Gasteiger partial charge in [0.05, 0.1) is 6.04 Å². The van der Waals surface area contributed by atoms with Gasteiger partial charge in [-0.15, -0.1) is 23.7 Å². The molecule has 160 valence electrons. The number of carbonyl (C=O) groups excluding carboxylic acids is 1. The van der Waals surface area contributed by atoms with Gasteiger partial charge in [-0.05, 0) is 44.3 Å². The lowest BCUT2D eigenvalue weighted by atomic mass is 10.1. The molecule has 0 bridgehead atoms. The summed E-state index contributed by atoms with van der Waals surface area (Å²) in [6.45, 7) is 4.78. The summed E-state index contributed by atoms with van der Waals surface area (Å²) < 4.78 is 5.40. The molecule has 0 spiro atoms. The third-order valence-corrected chi connectivity index (χ3v) is 6.46. The minimum Gasteiger partial charge on any atom is -0.355 e. The molecule has 30 heavy (non-hydrogen) atoms. The van der Waals surface area contributed by atoms with Crippen LogP contribution >= 0.6 is 23.7 Å². The van der Waals surface area contributed by atoms with Crippen LogP contribution in [0.15, 0.2) is 52.4 Å². The van der Waals surface area contributed by atoms with Crippen LogP contribution in [0.5, 0.6) is 0 Å². The van der Waals surface area contributed by atoms with Crippen LogP contribution < -0.4 is 5.32 Å². The lowest BCUT2D eigenvalue weighted by Gasteiger charge is -2.30. The van der Waals surface area contributed by atoms with Crippen molar-refractivity contribution >= 4 is 29.7 Å². The van der Waals surface area contributed by atoms with Crippen LogP contribution in [0.2, 0.25) is 0 Å². The van der Waals surface area contributed by atoms with E-state index in [1.165, 1.54) is 36.1 Å². The number of carbonyl (C=O) groups is 1. The SMILES string of the molecule is Cc1ccc(-c2cc(C(=O)NCC(c3cccs3)N3CCCCCC3)no2)cc1.Cl. The lowest BCUT2D eigenvalue weighted by Crippen LogP contribution is -2.38. The quantitative estimate of drug-likeness (QED) is 0.545. The highest BCUT2D eigenvalue weighted by atomic mass is 35.5. The third kappa shape index (κ3) is 5.50. The molecule has 3 heterocycles. The van der Waals surface area contributed by atoms with Crippen LogP contribution in [0.1, 0.15) is 52.7 Å². The molecular formula is C23H28ClN3O2S.